The third kappa shape index (κ3) is 6.95. The fourth-order valence-electron chi connectivity index (χ4n) is 15.5. The predicted octanol–water partition coefficient (Wildman–Crippen LogP) is 0.463. The van der Waals surface area contributed by atoms with Gasteiger partial charge in [0.05, 0.1) is 44.7 Å². The van der Waals surface area contributed by atoms with E-state index in [2.05, 4.69) is 47.6 Å². The maximum absolute atomic E-state index is 12.4. The minimum atomic E-state index is -1.79. The van der Waals surface area contributed by atoms with Crippen LogP contribution < -0.4 is 0 Å². The van der Waals surface area contributed by atoms with Gasteiger partial charge in [-0.15, -0.1) is 0 Å². The molecule has 0 aromatic heterocycles. The van der Waals surface area contributed by atoms with Gasteiger partial charge in [0.15, 0.2) is 24.7 Å². The fourth-order valence-corrected chi connectivity index (χ4v) is 15.5. The number of hydrogen-bond acceptors (Lipinski definition) is 17. The van der Waals surface area contributed by atoms with Crippen molar-refractivity contribution in [3.63, 3.8) is 0 Å². The number of ether oxygens (including phenoxy) is 8. The summed E-state index contributed by atoms with van der Waals surface area (Å²) in [6, 6.07) is 0. The Balaban J connectivity index is 0.970. The van der Waals surface area contributed by atoms with E-state index in [1.54, 1.807) is 0 Å². The first-order valence-corrected chi connectivity index (χ1v) is 23.4. The van der Waals surface area contributed by atoms with Crippen LogP contribution in [0.15, 0.2) is 11.6 Å². The van der Waals surface area contributed by atoms with Gasteiger partial charge >= 0.3 is 0 Å². The Morgan fingerprint density at radius 2 is 1.32 bits per heavy atom. The van der Waals surface area contributed by atoms with E-state index in [0.29, 0.717) is 25.6 Å². The zero-order valence-electron chi connectivity index (χ0n) is 37.8. The summed E-state index contributed by atoms with van der Waals surface area (Å²) in [6.45, 7) is 15.1. The molecule has 2 spiro atoms. The first-order chi connectivity index (χ1) is 29.6. The molecule has 9 rings (SSSR count). The Bertz CT molecular complexity index is 1710. The van der Waals surface area contributed by atoms with Gasteiger partial charge in [0.2, 0.25) is 0 Å². The Hall–Kier alpha value is -0.940. The third-order valence-corrected chi connectivity index (χ3v) is 18.7. The van der Waals surface area contributed by atoms with Gasteiger partial charge in [-0.05, 0) is 93.3 Å². The molecule has 17 heteroatoms. The van der Waals surface area contributed by atoms with Crippen molar-refractivity contribution in [2.75, 3.05) is 33.0 Å². The summed E-state index contributed by atoms with van der Waals surface area (Å²) < 4.78 is 50.5. The lowest BCUT2D eigenvalue weighted by Gasteiger charge is -2.70. The highest BCUT2D eigenvalue weighted by atomic mass is 16.8. The van der Waals surface area contributed by atoms with Crippen LogP contribution in [0.4, 0.5) is 0 Å². The molecule has 4 aliphatic carbocycles. The average molecular weight is 899 g/mol. The lowest BCUT2D eigenvalue weighted by Crippen LogP contribution is -2.68. The SMILES string of the molecule is CC(C)=C[C@@H]1CO[C@]23C[C@]4(CO2)[C@H](CC[C@@H]2[C@@]5(C)CC[C@H](OC6OC[C@@H](O)[C@H](OC7O[C@H](CO)[C@@H](O)[C@H](O)[C@H]7O)[C@H]6OC6O[C@@H](CO)[C@H](O)[C@H]6O)C(C)(C)[C@@H]5CC[C@]24C)C3[C@@]1(C)O. The molecule has 0 amide bonds. The first kappa shape index (κ1) is 47.1. The highest BCUT2D eigenvalue weighted by molar-refractivity contribution is 5.27. The Morgan fingerprint density at radius 1 is 0.683 bits per heavy atom. The van der Waals surface area contributed by atoms with Gasteiger partial charge in [0.25, 0.3) is 0 Å². The van der Waals surface area contributed by atoms with Crippen LogP contribution >= 0.6 is 0 Å². The molecule has 63 heavy (non-hydrogen) atoms. The summed E-state index contributed by atoms with van der Waals surface area (Å²) in [4.78, 5) is 0. The molecule has 5 saturated heterocycles. The number of aliphatic hydroxyl groups excluding tert-OH is 8. The molecule has 5 heterocycles. The Labute approximate surface area is 369 Å². The van der Waals surface area contributed by atoms with Crippen LogP contribution in [0.25, 0.3) is 0 Å². The van der Waals surface area contributed by atoms with Gasteiger partial charge in [-0.2, -0.15) is 0 Å². The minimum absolute atomic E-state index is 0.0626. The molecule has 0 aromatic rings. The van der Waals surface area contributed by atoms with Gasteiger partial charge in [0.1, 0.15) is 61.0 Å². The maximum atomic E-state index is 12.4. The molecular weight excluding hydrogens is 824 g/mol. The lowest BCUT2D eigenvalue weighted by atomic mass is 9.35. The summed E-state index contributed by atoms with van der Waals surface area (Å²) in [5, 5.41) is 96.9. The van der Waals surface area contributed by atoms with Crippen LogP contribution in [0, 0.1) is 51.2 Å². The number of fused-ring (bicyclic) bond motifs is 4. The molecule has 4 unspecified atom stereocenters. The van der Waals surface area contributed by atoms with Crippen LogP contribution in [0.5, 0.6) is 0 Å². The lowest BCUT2D eigenvalue weighted by molar-refractivity contribution is -0.375. The van der Waals surface area contributed by atoms with Crippen molar-refractivity contribution in [1.82, 2.24) is 0 Å². The molecule has 5 aliphatic heterocycles. The second-order valence-corrected chi connectivity index (χ2v) is 22.4. The third-order valence-electron chi connectivity index (χ3n) is 18.7. The number of hydrogen-bond donors (Lipinski definition) is 9. The van der Waals surface area contributed by atoms with Gasteiger partial charge in [0, 0.05) is 23.7 Å². The molecule has 2 bridgehead atoms. The van der Waals surface area contributed by atoms with Gasteiger partial charge < -0.3 is 83.9 Å². The van der Waals surface area contributed by atoms with Gasteiger partial charge in [-0.3, -0.25) is 0 Å². The van der Waals surface area contributed by atoms with Gasteiger partial charge in [-0.25, -0.2) is 0 Å². The monoisotopic (exact) mass is 898 g/mol. The highest BCUT2D eigenvalue weighted by Crippen LogP contribution is 2.80. The molecule has 9 N–H and O–H groups in total. The van der Waals surface area contributed by atoms with E-state index in [-0.39, 0.29) is 52.6 Å². The Morgan fingerprint density at radius 3 is 1.97 bits per heavy atom. The average Bonchev–Trinajstić information content (AvgIpc) is 3.85. The van der Waals surface area contributed by atoms with Crippen LogP contribution in [0.3, 0.4) is 0 Å². The molecule has 17 nitrogen and oxygen atoms in total. The van der Waals surface area contributed by atoms with E-state index < -0.39 is 110 Å². The summed E-state index contributed by atoms with van der Waals surface area (Å²) >= 11 is 0. The largest absolute Gasteiger partial charge is 0.394 e. The standard InChI is InChI=1S/C46H74O17/c1-21(2)14-22-17-57-46-19-45(20-58-46)23(37(46)44(22,7)55)8-9-28-42(5)12-11-29(41(3,4)27(42)10-13-43(28,45)6)61-40-36(63-38-33(53)31(51)26(16-48)60-38)35(24(49)18-56-40)62-39-34(54)32(52)30(50)25(15-47)59-39/h14,22-40,47-55H,8-13,15-20H2,1-7H3/t22-,23-,24-,25-,26+,27+,28-,29+,30-,31+,32+,33-,34-,35+,36-,37?,38?,39?,40?,42+,43-,44+,45+,46-/m1/s1. The van der Waals surface area contributed by atoms with Gasteiger partial charge in [-0.1, -0.05) is 39.3 Å². The summed E-state index contributed by atoms with van der Waals surface area (Å²) in [7, 11) is 0. The van der Waals surface area contributed by atoms with E-state index in [9.17, 15) is 46.0 Å². The molecule has 24 atom stereocenters. The predicted molar refractivity (Wildman–Crippen MR) is 219 cm³/mol. The second kappa shape index (κ2) is 16.4. The highest BCUT2D eigenvalue weighted by Gasteiger charge is 2.81. The van der Waals surface area contributed by atoms with E-state index in [4.69, 9.17) is 37.9 Å². The molecule has 9 aliphatic rings. The number of allylic oxidation sites excluding steroid dienone is 1. The fraction of sp³-hybridized carbons (Fsp3) is 0.957. The summed E-state index contributed by atoms with van der Waals surface area (Å²) in [5.74, 6) is -0.140. The second-order valence-electron chi connectivity index (χ2n) is 22.4. The van der Waals surface area contributed by atoms with E-state index in [0.717, 1.165) is 44.1 Å². The number of rotatable bonds is 9. The molecule has 360 valence electrons. The quantitative estimate of drug-likeness (QED) is 0.113. The molecule has 9 fully saturated rings. The van der Waals surface area contributed by atoms with Crippen molar-refractivity contribution >= 4 is 0 Å². The van der Waals surface area contributed by atoms with E-state index in [1.807, 2.05) is 6.92 Å². The van der Waals surface area contributed by atoms with Crippen molar-refractivity contribution in [3.8, 4) is 0 Å². The topological polar surface area (TPSA) is 256 Å². The maximum Gasteiger partial charge on any atom is 0.187 e. The van der Waals surface area contributed by atoms with Crippen LogP contribution in [0.1, 0.15) is 93.4 Å². The summed E-state index contributed by atoms with van der Waals surface area (Å²) in [6.07, 6.45) is -11.3. The zero-order chi connectivity index (χ0) is 45.4. The minimum Gasteiger partial charge on any atom is -0.394 e. The summed E-state index contributed by atoms with van der Waals surface area (Å²) in [5.41, 5.74) is -0.487. The van der Waals surface area contributed by atoms with Crippen molar-refractivity contribution in [1.29, 1.82) is 0 Å². The van der Waals surface area contributed by atoms with Crippen molar-refractivity contribution in [3.05, 3.63) is 11.6 Å². The van der Waals surface area contributed by atoms with Crippen molar-refractivity contribution in [2.24, 2.45) is 51.2 Å². The molecule has 4 saturated carbocycles. The molecular formula is C46H74O17. The van der Waals surface area contributed by atoms with Crippen LogP contribution in [-0.4, -0.2) is 176 Å². The molecule has 0 radical (unpaired) electrons. The number of aliphatic hydroxyl groups is 9. The smallest absolute Gasteiger partial charge is 0.187 e. The first-order valence-electron chi connectivity index (χ1n) is 23.4. The normalized spacial score (nSPS) is 57.2. The van der Waals surface area contributed by atoms with Crippen LogP contribution in [-0.2, 0) is 37.9 Å². The van der Waals surface area contributed by atoms with Crippen molar-refractivity contribution in [2.45, 2.75) is 191 Å². The zero-order valence-corrected chi connectivity index (χ0v) is 37.8. The van der Waals surface area contributed by atoms with Crippen molar-refractivity contribution < 1.29 is 83.9 Å². The van der Waals surface area contributed by atoms with E-state index in [1.165, 1.54) is 0 Å². The Kier molecular flexibility index (Phi) is 12.2. The molecule has 0 aromatic carbocycles. The van der Waals surface area contributed by atoms with E-state index >= 15 is 0 Å². The van der Waals surface area contributed by atoms with Crippen LogP contribution in [0.2, 0.25) is 0 Å².